The lowest BCUT2D eigenvalue weighted by Gasteiger charge is -2.17. The first kappa shape index (κ1) is 16.1. The van der Waals surface area contributed by atoms with Gasteiger partial charge in [-0.2, -0.15) is 5.10 Å². The standard InChI is InChI=1S/C20H20N2O2/c1-20(2,3)18(23)13-22-19(24)11-10-17(21-22)16-9-8-14-6-4-5-7-15(14)12-16/h4-12H,13H2,1-3H3. The van der Waals surface area contributed by atoms with E-state index in [0.717, 1.165) is 16.3 Å². The number of aromatic nitrogens is 2. The Morgan fingerprint density at radius 2 is 1.71 bits per heavy atom. The Balaban J connectivity index is 2.00. The molecule has 0 atom stereocenters. The second kappa shape index (κ2) is 6.04. The monoisotopic (exact) mass is 320 g/mol. The van der Waals surface area contributed by atoms with Crippen LogP contribution in [0.25, 0.3) is 22.0 Å². The molecule has 4 nitrogen and oxygen atoms in total. The molecule has 0 saturated carbocycles. The first-order chi connectivity index (χ1) is 11.3. The summed E-state index contributed by atoms with van der Waals surface area (Å²) in [4.78, 5) is 24.2. The van der Waals surface area contributed by atoms with Crippen LogP contribution in [0.15, 0.2) is 59.4 Å². The largest absolute Gasteiger partial charge is 0.297 e. The average molecular weight is 320 g/mol. The fourth-order valence-corrected chi connectivity index (χ4v) is 2.44. The van der Waals surface area contributed by atoms with Crippen LogP contribution in [0.5, 0.6) is 0 Å². The number of Topliss-reactive ketones (excluding diaryl/α,β-unsaturated/α-hetero) is 1. The molecule has 0 radical (unpaired) electrons. The SMILES string of the molecule is CC(C)(C)C(=O)Cn1nc(-c2ccc3ccccc3c2)ccc1=O. The highest BCUT2D eigenvalue weighted by molar-refractivity contribution is 5.86. The predicted molar refractivity (Wildman–Crippen MR) is 95.9 cm³/mol. The van der Waals surface area contributed by atoms with Crippen LogP contribution >= 0.6 is 0 Å². The molecule has 0 aliphatic heterocycles. The molecule has 0 amide bonds. The summed E-state index contributed by atoms with van der Waals surface area (Å²) in [5.74, 6) is -0.0206. The lowest BCUT2D eigenvalue weighted by molar-refractivity contribution is -0.127. The lowest BCUT2D eigenvalue weighted by Crippen LogP contribution is -2.32. The molecule has 1 heterocycles. The summed E-state index contributed by atoms with van der Waals surface area (Å²) in [5, 5.41) is 6.65. The average Bonchev–Trinajstić information content (AvgIpc) is 2.55. The number of hydrogen-bond acceptors (Lipinski definition) is 3. The van der Waals surface area contributed by atoms with Crippen molar-refractivity contribution in [1.29, 1.82) is 0 Å². The fraction of sp³-hybridized carbons (Fsp3) is 0.250. The topological polar surface area (TPSA) is 52.0 Å². The molecule has 122 valence electrons. The Morgan fingerprint density at radius 3 is 2.42 bits per heavy atom. The van der Waals surface area contributed by atoms with E-state index in [-0.39, 0.29) is 17.9 Å². The van der Waals surface area contributed by atoms with Crippen molar-refractivity contribution in [3.05, 3.63) is 65.0 Å². The Bertz CT molecular complexity index is 965. The summed E-state index contributed by atoms with van der Waals surface area (Å²) in [7, 11) is 0. The van der Waals surface area contributed by atoms with Crippen molar-refractivity contribution in [1.82, 2.24) is 9.78 Å². The summed E-state index contributed by atoms with van der Waals surface area (Å²) in [6.45, 7) is 5.51. The van der Waals surface area contributed by atoms with Gasteiger partial charge in [-0.25, -0.2) is 4.68 Å². The number of rotatable bonds is 3. The van der Waals surface area contributed by atoms with Gasteiger partial charge in [-0.05, 0) is 22.9 Å². The maximum absolute atomic E-state index is 12.2. The van der Waals surface area contributed by atoms with E-state index in [0.29, 0.717) is 5.69 Å². The van der Waals surface area contributed by atoms with E-state index in [1.54, 1.807) is 6.07 Å². The third-order valence-corrected chi connectivity index (χ3v) is 4.04. The maximum atomic E-state index is 12.2. The fourth-order valence-electron chi connectivity index (χ4n) is 2.44. The Hall–Kier alpha value is -2.75. The first-order valence-electron chi connectivity index (χ1n) is 7.95. The van der Waals surface area contributed by atoms with E-state index in [9.17, 15) is 9.59 Å². The molecular formula is C20H20N2O2. The van der Waals surface area contributed by atoms with E-state index in [2.05, 4.69) is 11.2 Å². The molecule has 0 aliphatic carbocycles. The van der Waals surface area contributed by atoms with Gasteiger partial charge in [0.05, 0.1) is 5.69 Å². The number of carbonyl (C=O) groups is 1. The molecule has 0 unspecified atom stereocenters. The zero-order valence-corrected chi connectivity index (χ0v) is 14.1. The van der Waals surface area contributed by atoms with Gasteiger partial charge in [-0.1, -0.05) is 57.2 Å². The second-order valence-corrected chi connectivity index (χ2v) is 6.95. The van der Waals surface area contributed by atoms with Crippen molar-refractivity contribution < 1.29 is 4.79 Å². The van der Waals surface area contributed by atoms with E-state index in [1.165, 1.54) is 10.7 Å². The summed E-state index contributed by atoms with van der Waals surface area (Å²) < 4.78 is 1.25. The van der Waals surface area contributed by atoms with Crippen LogP contribution in [0.3, 0.4) is 0 Å². The van der Waals surface area contributed by atoms with Crippen LogP contribution in [0, 0.1) is 5.41 Å². The van der Waals surface area contributed by atoms with Crippen LogP contribution in [0.2, 0.25) is 0 Å². The number of ketones is 1. The van der Waals surface area contributed by atoms with Crippen LogP contribution in [-0.2, 0) is 11.3 Å². The van der Waals surface area contributed by atoms with Gasteiger partial charge in [0, 0.05) is 17.0 Å². The van der Waals surface area contributed by atoms with Crippen LogP contribution < -0.4 is 5.56 Å². The van der Waals surface area contributed by atoms with Crippen LogP contribution in [-0.4, -0.2) is 15.6 Å². The minimum Gasteiger partial charge on any atom is -0.297 e. The normalized spacial score (nSPS) is 11.6. The van der Waals surface area contributed by atoms with Crippen molar-refractivity contribution in [3.8, 4) is 11.3 Å². The highest BCUT2D eigenvalue weighted by atomic mass is 16.1. The zero-order chi connectivity index (χ0) is 17.3. The third kappa shape index (κ3) is 3.27. The van der Waals surface area contributed by atoms with Crippen molar-refractivity contribution >= 4 is 16.6 Å². The van der Waals surface area contributed by atoms with Gasteiger partial charge >= 0.3 is 0 Å². The number of nitrogens with zero attached hydrogens (tertiary/aromatic N) is 2. The molecule has 3 rings (SSSR count). The first-order valence-corrected chi connectivity index (χ1v) is 7.95. The molecule has 0 saturated heterocycles. The smallest absolute Gasteiger partial charge is 0.267 e. The van der Waals surface area contributed by atoms with Gasteiger partial charge < -0.3 is 0 Å². The van der Waals surface area contributed by atoms with Crippen molar-refractivity contribution in [2.24, 2.45) is 5.41 Å². The van der Waals surface area contributed by atoms with E-state index < -0.39 is 5.41 Å². The van der Waals surface area contributed by atoms with Gasteiger partial charge in [0.15, 0.2) is 5.78 Å². The summed E-state index contributed by atoms with van der Waals surface area (Å²) in [5.41, 5.74) is 0.838. The van der Waals surface area contributed by atoms with E-state index >= 15 is 0 Å². The van der Waals surface area contributed by atoms with Crippen molar-refractivity contribution in [2.45, 2.75) is 27.3 Å². The molecular weight excluding hydrogens is 300 g/mol. The van der Waals surface area contributed by atoms with Gasteiger partial charge in [0.1, 0.15) is 6.54 Å². The number of hydrogen-bond donors (Lipinski definition) is 0. The zero-order valence-electron chi connectivity index (χ0n) is 14.1. The molecule has 0 spiro atoms. The maximum Gasteiger partial charge on any atom is 0.267 e. The van der Waals surface area contributed by atoms with Crippen LogP contribution in [0.1, 0.15) is 20.8 Å². The predicted octanol–water partition coefficient (Wildman–Crippen LogP) is 3.68. The second-order valence-electron chi connectivity index (χ2n) is 6.95. The molecule has 0 N–H and O–H groups in total. The molecule has 0 bridgehead atoms. The molecule has 2 aromatic carbocycles. The van der Waals surface area contributed by atoms with Gasteiger partial charge in [0.25, 0.3) is 5.56 Å². The molecule has 0 aliphatic rings. The Morgan fingerprint density at radius 1 is 1.00 bits per heavy atom. The lowest BCUT2D eigenvalue weighted by atomic mass is 9.91. The van der Waals surface area contributed by atoms with Crippen molar-refractivity contribution in [2.75, 3.05) is 0 Å². The molecule has 0 fully saturated rings. The minimum atomic E-state index is -0.500. The number of carbonyl (C=O) groups excluding carboxylic acids is 1. The third-order valence-electron chi connectivity index (χ3n) is 4.04. The summed E-state index contributed by atoms with van der Waals surface area (Å²) in [6.07, 6.45) is 0. The molecule has 24 heavy (non-hydrogen) atoms. The Labute approximate surface area is 140 Å². The van der Waals surface area contributed by atoms with Gasteiger partial charge in [-0.15, -0.1) is 0 Å². The van der Waals surface area contributed by atoms with Gasteiger partial charge in [0.2, 0.25) is 0 Å². The highest BCUT2D eigenvalue weighted by Gasteiger charge is 2.22. The molecule has 3 aromatic rings. The van der Waals surface area contributed by atoms with E-state index in [4.69, 9.17) is 0 Å². The highest BCUT2D eigenvalue weighted by Crippen LogP contribution is 2.22. The van der Waals surface area contributed by atoms with Crippen molar-refractivity contribution in [3.63, 3.8) is 0 Å². The quantitative estimate of drug-likeness (QED) is 0.740. The number of benzene rings is 2. The molecule has 1 aromatic heterocycles. The Kier molecular flexibility index (Phi) is 4.06. The van der Waals surface area contributed by atoms with E-state index in [1.807, 2.05) is 57.2 Å². The summed E-state index contributed by atoms with van der Waals surface area (Å²) in [6, 6.07) is 17.3. The minimum absolute atomic E-state index is 0.0102. The van der Waals surface area contributed by atoms with Gasteiger partial charge in [-0.3, -0.25) is 9.59 Å². The number of fused-ring (bicyclic) bond motifs is 1. The van der Waals surface area contributed by atoms with Crippen LogP contribution in [0.4, 0.5) is 0 Å². The molecule has 4 heteroatoms. The summed E-state index contributed by atoms with van der Waals surface area (Å²) >= 11 is 0.